The topological polar surface area (TPSA) is 668 Å². The van der Waals surface area contributed by atoms with Crippen molar-refractivity contribution in [1.82, 2.24) is 0 Å². The van der Waals surface area contributed by atoms with E-state index in [0.29, 0.717) is 0 Å². The number of ether oxygens (including phenoxy) is 2. The zero-order chi connectivity index (χ0) is 44.3. The summed E-state index contributed by atoms with van der Waals surface area (Å²) in [5.41, 5.74) is 0. The molecule has 0 aliphatic heterocycles. The standard InChI is InChI=1S/2C2H4O3.10CH2O3/c2*1-5-2(3)4;10*2-1(3)4/h2*1H3,(H,3,4);10*(H2,2,3,4). The van der Waals surface area contributed by atoms with Crippen LogP contribution in [0.1, 0.15) is 0 Å². The molecule has 0 rings (SSSR count). The van der Waals surface area contributed by atoms with E-state index in [1.165, 1.54) is 0 Å². The molecule has 0 radical (unpaired) electrons. The van der Waals surface area contributed by atoms with Gasteiger partial charge in [-0.3, -0.25) is 0 Å². The third kappa shape index (κ3) is 2530. The quantitative estimate of drug-likeness (QED) is 0.157. The van der Waals surface area contributed by atoms with E-state index < -0.39 is 73.9 Å². The molecule has 0 saturated heterocycles. The summed E-state index contributed by atoms with van der Waals surface area (Å²) >= 11 is 0. The number of hydrogen-bond acceptors (Lipinski definition) is 14. The van der Waals surface area contributed by atoms with Crippen molar-refractivity contribution in [2.45, 2.75) is 0 Å². The first-order valence-corrected chi connectivity index (χ1v) is 8.59. The average molecular weight is 772 g/mol. The maximum absolute atomic E-state index is 9.15. The molecule has 22 N–H and O–H groups in total. The molecule has 36 nitrogen and oxygen atoms in total. The van der Waals surface area contributed by atoms with Gasteiger partial charge in [0.1, 0.15) is 0 Å². The van der Waals surface area contributed by atoms with Crippen LogP contribution in [0.3, 0.4) is 0 Å². The predicted molar refractivity (Wildman–Crippen MR) is 137 cm³/mol. The average Bonchev–Trinajstić information content (AvgIpc) is 2.75. The summed E-state index contributed by atoms with van der Waals surface area (Å²) in [6, 6.07) is 0. The lowest BCUT2D eigenvalue weighted by molar-refractivity contribution is 0.112. The van der Waals surface area contributed by atoms with Gasteiger partial charge in [0.25, 0.3) is 0 Å². The van der Waals surface area contributed by atoms with Gasteiger partial charge in [-0.25, -0.2) is 57.5 Å². The van der Waals surface area contributed by atoms with E-state index in [1.807, 2.05) is 0 Å². The molecule has 0 aromatic rings. The van der Waals surface area contributed by atoms with Gasteiger partial charge in [-0.1, -0.05) is 0 Å². The zero-order valence-corrected chi connectivity index (χ0v) is 23.6. The highest BCUT2D eigenvalue weighted by Crippen LogP contribution is 1.61. The fourth-order valence-corrected chi connectivity index (χ4v) is 0. The van der Waals surface area contributed by atoms with Crippen LogP contribution in [-0.4, -0.2) is 200 Å². The van der Waals surface area contributed by atoms with Crippen molar-refractivity contribution in [1.29, 1.82) is 0 Å². The van der Waals surface area contributed by atoms with Gasteiger partial charge >= 0.3 is 73.9 Å². The van der Waals surface area contributed by atoms with Crippen molar-refractivity contribution in [3.63, 3.8) is 0 Å². The van der Waals surface area contributed by atoms with Crippen molar-refractivity contribution < 1.29 is 179 Å². The lowest BCUT2D eigenvalue weighted by atomic mass is 11.4. The molecule has 0 atom stereocenters. The summed E-state index contributed by atoms with van der Waals surface area (Å²) in [5.74, 6) is 0. The smallest absolute Gasteiger partial charge is 0.450 e. The van der Waals surface area contributed by atoms with E-state index in [-0.39, 0.29) is 0 Å². The SMILES string of the molecule is COC(=O)O.COC(=O)O.O=C(O)O.O=C(O)O.O=C(O)O.O=C(O)O.O=C(O)O.O=C(O)O.O=C(O)O.O=C(O)O.O=C(O)O.O=C(O)O. The Bertz CT molecular complexity index is 660. The Morgan fingerprint density at radius 2 is 0.240 bits per heavy atom. The fourth-order valence-electron chi connectivity index (χ4n) is 0. The van der Waals surface area contributed by atoms with Gasteiger partial charge in [-0.2, -0.15) is 0 Å². The van der Waals surface area contributed by atoms with Crippen LogP contribution in [0.25, 0.3) is 0 Å². The van der Waals surface area contributed by atoms with E-state index in [9.17, 15) is 0 Å². The monoisotopic (exact) mass is 772 g/mol. The highest BCUT2D eigenvalue weighted by molar-refractivity contribution is 5.57. The summed E-state index contributed by atoms with van der Waals surface area (Å²) in [6.07, 6.45) is -20.8. The van der Waals surface area contributed by atoms with E-state index >= 15 is 0 Å². The molecule has 0 aromatic heterocycles. The Kier molecular flexibility index (Phi) is 113. The Hall–Kier alpha value is -8.76. The van der Waals surface area contributed by atoms with Crippen molar-refractivity contribution in [2.24, 2.45) is 0 Å². The van der Waals surface area contributed by atoms with Crippen molar-refractivity contribution in [3.8, 4) is 0 Å². The largest absolute Gasteiger partial charge is 0.505 e. The number of rotatable bonds is 0. The summed E-state index contributed by atoms with van der Waals surface area (Å²) in [7, 11) is 2.20. The molecular weight excluding hydrogens is 744 g/mol. The molecule has 0 spiro atoms. The van der Waals surface area contributed by atoms with Crippen LogP contribution in [0.5, 0.6) is 0 Å². The van der Waals surface area contributed by atoms with Gasteiger partial charge in [-0.05, 0) is 0 Å². The molecule has 0 aliphatic carbocycles. The Morgan fingerprint density at radius 3 is 0.240 bits per heavy atom. The summed E-state index contributed by atoms with van der Waals surface area (Å²) in [6.45, 7) is 0. The van der Waals surface area contributed by atoms with Crippen molar-refractivity contribution in [3.05, 3.63) is 0 Å². The van der Waals surface area contributed by atoms with Gasteiger partial charge in [0.2, 0.25) is 0 Å². The Labute approximate surface area is 268 Å². The fraction of sp³-hybridized carbons (Fsp3) is 0.143. The minimum atomic E-state index is -1.83. The summed E-state index contributed by atoms with van der Waals surface area (Å²) in [4.78, 5) is 104. The lowest BCUT2D eigenvalue weighted by Crippen LogP contribution is -1.91. The zero-order valence-electron chi connectivity index (χ0n) is 23.6. The second kappa shape index (κ2) is 72.5. The summed E-state index contributed by atoms with van der Waals surface area (Å²) < 4.78 is 7.33. The van der Waals surface area contributed by atoms with Crippen LogP contribution < -0.4 is 0 Å². The third-order valence-electron chi connectivity index (χ3n) is 0.349. The lowest BCUT2D eigenvalue weighted by Gasteiger charge is -1.79. The maximum atomic E-state index is 9.15. The van der Waals surface area contributed by atoms with Gasteiger partial charge in [0.15, 0.2) is 0 Å². The van der Waals surface area contributed by atoms with E-state index in [4.69, 9.17) is 170 Å². The minimum Gasteiger partial charge on any atom is -0.450 e. The van der Waals surface area contributed by atoms with Crippen molar-refractivity contribution >= 4 is 73.9 Å². The van der Waals surface area contributed by atoms with Crippen molar-refractivity contribution in [2.75, 3.05) is 14.2 Å². The van der Waals surface area contributed by atoms with Gasteiger partial charge < -0.3 is 122 Å². The van der Waals surface area contributed by atoms with Crippen LogP contribution in [0.15, 0.2) is 0 Å². The molecule has 0 bridgehead atoms. The van der Waals surface area contributed by atoms with E-state index in [2.05, 4.69) is 9.47 Å². The molecular formula is C14H28O36. The van der Waals surface area contributed by atoms with Crippen LogP contribution in [0, 0.1) is 0 Å². The number of carbonyl (C=O) groups is 12. The molecule has 0 amide bonds. The van der Waals surface area contributed by atoms with Gasteiger partial charge in [0, 0.05) is 0 Å². The molecule has 0 saturated carbocycles. The molecule has 36 heteroatoms. The van der Waals surface area contributed by atoms with E-state index in [0.717, 1.165) is 14.2 Å². The Balaban J connectivity index is -0.0000000315. The highest BCUT2D eigenvalue weighted by Gasteiger charge is 1.81. The second-order valence-corrected chi connectivity index (χ2v) is 3.77. The first-order valence-electron chi connectivity index (χ1n) is 8.59. The van der Waals surface area contributed by atoms with Gasteiger partial charge in [-0.15, -0.1) is 0 Å². The Morgan fingerprint density at radius 1 is 0.220 bits per heavy atom. The molecule has 50 heavy (non-hydrogen) atoms. The second-order valence-electron chi connectivity index (χ2n) is 3.77. The third-order valence-corrected chi connectivity index (χ3v) is 0.349. The van der Waals surface area contributed by atoms with Crippen LogP contribution >= 0.6 is 0 Å². The maximum Gasteiger partial charge on any atom is 0.505 e. The van der Waals surface area contributed by atoms with E-state index in [1.54, 1.807) is 0 Å². The van der Waals surface area contributed by atoms with Crippen LogP contribution in [-0.2, 0) is 9.47 Å². The molecule has 0 heterocycles. The first kappa shape index (κ1) is 78.1. The molecule has 0 fully saturated rings. The number of hydrogen-bond donors (Lipinski definition) is 22. The molecule has 0 aliphatic rings. The minimum absolute atomic E-state index is 1.10. The van der Waals surface area contributed by atoms with Crippen LogP contribution in [0.2, 0.25) is 0 Å². The molecule has 0 unspecified atom stereocenters. The van der Waals surface area contributed by atoms with Crippen LogP contribution in [0.4, 0.5) is 57.5 Å². The predicted octanol–water partition coefficient (Wildman–Crippen LogP) is 2.85. The summed E-state index contributed by atoms with van der Waals surface area (Å²) in [5, 5.41) is 154. The number of carboxylic acid groups (broad SMARTS) is 22. The first-order chi connectivity index (χ1) is 21.9. The molecule has 300 valence electrons. The molecule has 0 aromatic carbocycles. The highest BCUT2D eigenvalue weighted by atomic mass is 16.7. The number of methoxy groups -OCH3 is 2. The van der Waals surface area contributed by atoms with Gasteiger partial charge in [0.05, 0.1) is 14.2 Å². The normalized spacial score (nSPS) is 6.12.